The summed E-state index contributed by atoms with van der Waals surface area (Å²) in [6.45, 7) is 4.27. The smallest absolute Gasteiger partial charge is 0.149 e. The van der Waals surface area contributed by atoms with Crippen LogP contribution in [0.4, 0.5) is 0 Å². The first-order valence-corrected chi connectivity index (χ1v) is 6.20. The van der Waals surface area contributed by atoms with Gasteiger partial charge >= 0.3 is 0 Å². The van der Waals surface area contributed by atoms with Crippen LogP contribution in [-0.2, 0) is 7.05 Å². The summed E-state index contributed by atoms with van der Waals surface area (Å²) in [5.74, 6) is 0.961. The van der Waals surface area contributed by atoms with Crippen molar-refractivity contribution in [1.82, 2.24) is 20.1 Å². The Bertz CT molecular complexity index is 435. The molecule has 2 aromatic heterocycles. The largest absolute Gasteiger partial charge is 0.319 e. The number of nitrogens with one attached hydrogen (secondary N) is 1. The number of thiophene rings is 1. The predicted octanol–water partition coefficient (Wildman–Crippen LogP) is 2.29. The molecule has 16 heavy (non-hydrogen) atoms. The van der Waals surface area contributed by atoms with Crippen LogP contribution in [-0.4, -0.2) is 14.8 Å². The molecule has 4 nitrogen and oxygen atoms in total. The van der Waals surface area contributed by atoms with Crippen LogP contribution in [0, 0.1) is 0 Å². The fraction of sp³-hybridized carbons (Fsp3) is 0.455. The Balaban J connectivity index is 2.03. The van der Waals surface area contributed by atoms with E-state index in [4.69, 9.17) is 0 Å². The van der Waals surface area contributed by atoms with Crippen molar-refractivity contribution >= 4 is 11.3 Å². The second-order valence-electron chi connectivity index (χ2n) is 3.93. The van der Waals surface area contributed by atoms with Crippen molar-refractivity contribution in [3.8, 4) is 0 Å². The predicted molar refractivity (Wildman–Crippen MR) is 65.3 cm³/mol. The first-order chi connectivity index (χ1) is 7.68. The van der Waals surface area contributed by atoms with E-state index in [0.717, 1.165) is 5.82 Å². The Morgan fingerprint density at radius 2 is 2.19 bits per heavy atom. The van der Waals surface area contributed by atoms with Gasteiger partial charge in [0.05, 0.1) is 6.04 Å². The van der Waals surface area contributed by atoms with Crippen molar-refractivity contribution < 1.29 is 0 Å². The first kappa shape index (κ1) is 11.3. The zero-order valence-electron chi connectivity index (χ0n) is 9.71. The van der Waals surface area contributed by atoms with Crippen LogP contribution < -0.4 is 5.32 Å². The van der Waals surface area contributed by atoms with Gasteiger partial charge in [0.1, 0.15) is 12.2 Å². The maximum absolute atomic E-state index is 4.10. The van der Waals surface area contributed by atoms with E-state index >= 15 is 0 Å². The highest BCUT2D eigenvalue weighted by Gasteiger charge is 2.15. The third kappa shape index (κ3) is 2.31. The van der Waals surface area contributed by atoms with E-state index in [1.807, 2.05) is 11.6 Å². The Kier molecular flexibility index (Phi) is 3.36. The van der Waals surface area contributed by atoms with Crippen LogP contribution >= 0.6 is 11.3 Å². The first-order valence-electron chi connectivity index (χ1n) is 5.32. The summed E-state index contributed by atoms with van der Waals surface area (Å²) >= 11 is 1.77. The van der Waals surface area contributed by atoms with Crippen LogP contribution in [0.2, 0.25) is 0 Å². The van der Waals surface area contributed by atoms with Crippen molar-refractivity contribution in [3.63, 3.8) is 0 Å². The minimum atomic E-state index is 0.199. The van der Waals surface area contributed by atoms with Gasteiger partial charge in [0, 0.05) is 18.0 Å². The molecule has 0 radical (unpaired) electrons. The molecule has 2 atom stereocenters. The molecular formula is C11H16N4S. The molecular weight excluding hydrogens is 220 g/mol. The number of hydrogen-bond acceptors (Lipinski definition) is 4. The molecule has 0 saturated heterocycles. The van der Waals surface area contributed by atoms with E-state index < -0.39 is 0 Å². The molecule has 2 aromatic rings. The highest BCUT2D eigenvalue weighted by Crippen LogP contribution is 2.21. The normalized spacial score (nSPS) is 14.9. The lowest BCUT2D eigenvalue weighted by Crippen LogP contribution is -2.24. The van der Waals surface area contributed by atoms with Gasteiger partial charge in [0.25, 0.3) is 0 Å². The second kappa shape index (κ2) is 4.76. The molecule has 0 spiro atoms. The molecule has 0 aromatic carbocycles. The molecule has 5 heteroatoms. The summed E-state index contributed by atoms with van der Waals surface area (Å²) in [5, 5.41) is 13.6. The Labute approximate surface area is 99.3 Å². The zero-order valence-corrected chi connectivity index (χ0v) is 10.5. The lowest BCUT2D eigenvalue weighted by molar-refractivity contribution is 0.470. The lowest BCUT2D eigenvalue weighted by Gasteiger charge is -2.18. The van der Waals surface area contributed by atoms with E-state index in [9.17, 15) is 0 Å². The summed E-state index contributed by atoms with van der Waals surface area (Å²) in [6.07, 6.45) is 1.73. The highest BCUT2D eigenvalue weighted by molar-refractivity contribution is 7.10. The maximum atomic E-state index is 4.10. The van der Waals surface area contributed by atoms with E-state index in [1.165, 1.54) is 4.88 Å². The van der Waals surface area contributed by atoms with Crippen LogP contribution in [0.15, 0.2) is 23.8 Å². The molecule has 1 N–H and O–H groups in total. The Morgan fingerprint density at radius 3 is 2.75 bits per heavy atom. The average Bonchev–Trinajstić information content (AvgIpc) is 2.86. The monoisotopic (exact) mass is 236 g/mol. The molecule has 2 unspecified atom stereocenters. The number of hydrogen-bond donors (Lipinski definition) is 1. The minimum absolute atomic E-state index is 0.199. The van der Waals surface area contributed by atoms with Gasteiger partial charge in [0.15, 0.2) is 0 Å². The van der Waals surface area contributed by atoms with Crippen LogP contribution in [0.5, 0.6) is 0 Å². The molecule has 2 rings (SSSR count). The molecule has 0 aliphatic heterocycles. The lowest BCUT2D eigenvalue weighted by atomic mass is 10.2. The standard InChI is InChI=1S/C11H16N4S/c1-8(10-5-4-6-16-10)13-9(2)11-14-12-7-15(11)3/h4-9,13H,1-3H3. The topological polar surface area (TPSA) is 42.7 Å². The van der Waals surface area contributed by atoms with Crippen LogP contribution in [0.1, 0.15) is 36.6 Å². The average molecular weight is 236 g/mol. The summed E-state index contributed by atoms with van der Waals surface area (Å²) < 4.78 is 1.94. The van der Waals surface area contributed by atoms with Crippen molar-refractivity contribution in [2.45, 2.75) is 25.9 Å². The Hall–Kier alpha value is -1.20. The van der Waals surface area contributed by atoms with E-state index in [-0.39, 0.29) is 6.04 Å². The molecule has 2 heterocycles. The van der Waals surface area contributed by atoms with Gasteiger partial charge in [0.2, 0.25) is 0 Å². The van der Waals surface area contributed by atoms with Gasteiger partial charge in [-0.05, 0) is 25.3 Å². The van der Waals surface area contributed by atoms with Crippen molar-refractivity contribution in [1.29, 1.82) is 0 Å². The van der Waals surface area contributed by atoms with Gasteiger partial charge in [-0.15, -0.1) is 21.5 Å². The van der Waals surface area contributed by atoms with Gasteiger partial charge < -0.3 is 9.88 Å². The minimum Gasteiger partial charge on any atom is -0.319 e. The highest BCUT2D eigenvalue weighted by atomic mass is 32.1. The molecule has 0 aliphatic rings. The number of aromatic nitrogens is 3. The fourth-order valence-corrected chi connectivity index (χ4v) is 2.50. The molecule has 0 fully saturated rings. The summed E-state index contributed by atoms with van der Waals surface area (Å²) in [7, 11) is 1.96. The molecule has 0 saturated carbocycles. The van der Waals surface area contributed by atoms with Gasteiger partial charge in [-0.1, -0.05) is 6.07 Å². The Morgan fingerprint density at radius 1 is 1.38 bits per heavy atom. The van der Waals surface area contributed by atoms with E-state index in [0.29, 0.717) is 6.04 Å². The summed E-state index contributed by atoms with van der Waals surface area (Å²) in [5.41, 5.74) is 0. The van der Waals surface area contributed by atoms with Crippen LogP contribution in [0.3, 0.4) is 0 Å². The third-order valence-electron chi connectivity index (χ3n) is 2.60. The number of rotatable bonds is 4. The van der Waals surface area contributed by atoms with Gasteiger partial charge in [-0.25, -0.2) is 0 Å². The van der Waals surface area contributed by atoms with E-state index in [2.05, 4.69) is 46.9 Å². The summed E-state index contributed by atoms with van der Waals surface area (Å²) in [4.78, 5) is 1.34. The van der Waals surface area contributed by atoms with Gasteiger partial charge in [-0.3, -0.25) is 0 Å². The van der Waals surface area contributed by atoms with Crippen molar-refractivity contribution in [2.24, 2.45) is 7.05 Å². The van der Waals surface area contributed by atoms with Crippen molar-refractivity contribution in [2.75, 3.05) is 0 Å². The molecule has 0 bridgehead atoms. The van der Waals surface area contributed by atoms with E-state index in [1.54, 1.807) is 17.7 Å². The molecule has 0 aliphatic carbocycles. The van der Waals surface area contributed by atoms with Crippen molar-refractivity contribution in [3.05, 3.63) is 34.5 Å². The maximum Gasteiger partial charge on any atom is 0.149 e. The third-order valence-corrected chi connectivity index (χ3v) is 3.66. The van der Waals surface area contributed by atoms with Crippen LogP contribution in [0.25, 0.3) is 0 Å². The van der Waals surface area contributed by atoms with Gasteiger partial charge in [-0.2, -0.15) is 0 Å². The SMILES string of the molecule is CC(NC(C)c1nncn1C)c1cccs1. The zero-order chi connectivity index (χ0) is 11.5. The second-order valence-corrected chi connectivity index (χ2v) is 4.90. The summed E-state index contributed by atoms with van der Waals surface area (Å²) in [6, 6.07) is 4.76. The number of aryl methyl sites for hydroxylation is 1. The molecule has 86 valence electrons. The fourth-order valence-electron chi connectivity index (χ4n) is 1.75. The quantitative estimate of drug-likeness (QED) is 0.885. The molecule has 0 amide bonds. The number of nitrogens with zero attached hydrogens (tertiary/aromatic N) is 3.